The summed E-state index contributed by atoms with van der Waals surface area (Å²) in [5.74, 6) is 0.239. The fourth-order valence-electron chi connectivity index (χ4n) is 5.30. The van der Waals surface area contributed by atoms with Crippen LogP contribution in [0.3, 0.4) is 0 Å². The number of amides is 1. The van der Waals surface area contributed by atoms with Crippen molar-refractivity contribution in [1.82, 2.24) is 4.90 Å². The monoisotopic (exact) mass is 472 g/mol. The second-order valence-electron chi connectivity index (χ2n) is 9.98. The number of phosphoric acid groups is 1. The Bertz CT molecular complexity index is 1070. The number of nitrogens with two attached hydrogens (primary N) is 1. The lowest BCUT2D eigenvalue weighted by atomic mass is 9.87. The van der Waals surface area contributed by atoms with Gasteiger partial charge in [-0.3, -0.25) is 9.32 Å². The Labute approximate surface area is 195 Å². The Morgan fingerprint density at radius 1 is 1.18 bits per heavy atom. The molecule has 4 N–H and O–H groups in total. The van der Waals surface area contributed by atoms with Crippen molar-refractivity contribution in [2.45, 2.75) is 62.9 Å². The van der Waals surface area contributed by atoms with E-state index in [1.54, 1.807) is 0 Å². The highest BCUT2D eigenvalue weighted by Crippen LogP contribution is 2.46. The molecule has 2 aromatic rings. The highest BCUT2D eigenvalue weighted by molar-refractivity contribution is 7.46. The van der Waals surface area contributed by atoms with Crippen molar-refractivity contribution in [2.75, 3.05) is 13.2 Å². The van der Waals surface area contributed by atoms with Crippen molar-refractivity contribution in [2.24, 2.45) is 5.73 Å². The predicted molar refractivity (Wildman–Crippen MR) is 127 cm³/mol. The molecule has 8 heteroatoms. The van der Waals surface area contributed by atoms with Gasteiger partial charge in [-0.15, -0.1) is 0 Å². The van der Waals surface area contributed by atoms with Crippen LogP contribution in [0.15, 0.2) is 48.5 Å². The van der Waals surface area contributed by atoms with Crippen molar-refractivity contribution in [1.29, 1.82) is 0 Å². The van der Waals surface area contributed by atoms with Crippen LogP contribution in [-0.4, -0.2) is 39.3 Å². The summed E-state index contributed by atoms with van der Waals surface area (Å²) >= 11 is 0. The highest BCUT2D eigenvalue weighted by atomic mass is 31.2. The molecule has 0 bridgehead atoms. The number of hydrogen-bond acceptors (Lipinski definition) is 4. The number of carbonyl (C=O) groups is 1. The first kappa shape index (κ1) is 24.1. The van der Waals surface area contributed by atoms with Gasteiger partial charge in [-0.05, 0) is 74.6 Å². The van der Waals surface area contributed by atoms with Crippen molar-refractivity contribution in [3.63, 3.8) is 0 Å². The number of fused-ring (bicyclic) bond motifs is 1. The summed E-state index contributed by atoms with van der Waals surface area (Å²) in [6, 6.07) is 16.4. The molecule has 0 radical (unpaired) electrons. The fraction of sp³-hybridized carbons (Fsp3) is 0.480. The van der Waals surface area contributed by atoms with Gasteiger partial charge in [0, 0.05) is 17.6 Å². The first-order chi connectivity index (χ1) is 15.5. The Hall–Kier alpha value is -2.02. The van der Waals surface area contributed by atoms with Crippen LogP contribution >= 0.6 is 7.82 Å². The van der Waals surface area contributed by atoms with Crippen molar-refractivity contribution in [3.8, 4) is 0 Å². The first-order valence-corrected chi connectivity index (χ1v) is 13.0. The van der Waals surface area contributed by atoms with Crippen LogP contribution in [0.1, 0.15) is 72.5 Å². The molecule has 1 aliphatic heterocycles. The smallest absolute Gasteiger partial charge is 0.329 e. The molecule has 0 unspecified atom stereocenters. The van der Waals surface area contributed by atoms with E-state index in [0.717, 1.165) is 36.0 Å². The Morgan fingerprint density at radius 2 is 1.91 bits per heavy atom. The van der Waals surface area contributed by atoms with E-state index in [1.165, 1.54) is 5.56 Å². The van der Waals surface area contributed by atoms with Gasteiger partial charge in [-0.2, -0.15) is 0 Å². The summed E-state index contributed by atoms with van der Waals surface area (Å²) in [7, 11) is -4.55. The maximum Gasteiger partial charge on any atom is 0.469 e. The molecule has 4 rings (SSSR count). The minimum absolute atomic E-state index is 0.0734. The molecule has 2 aliphatic rings. The molecule has 2 aromatic carbocycles. The van der Waals surface area contributed by atoms with E-state index >= 15 is 0 Å². The first-order valence-electron chi connectivity index (χ1n) is 11.5. The lowest BCUT2D eigenvalue weighted by Gasteiger charge is -2.33. The van der Waals surface area contributed by atoms with E-state index in [2.05, 4.69) is 32.0 Å². The van der Waals surface area contributed by atoms with Gasteiger partial charge in [0.2, 0.25) is 0 Å². The van der Waals surface area contributed by atoms with Gasteiger partial charge in [0.05, 0.1) is 12.1 Å². The molecule has 1 amide bonds. The molecule has 178 valence electrons. The summed E-state index contributed by atoms with van der Waals surface area (Å²) in [6.45, 7) is 4.72. The Kier molecular flexibility index (Phi) is 6.56. The van der Waals surface area contributed by atoms with E-state index in [0.29, 0.717) is 19.4 Å². The minimum Gasteiger partial charge on any atom is -0.329 e. The van der Waals surface area contributed by atoms with Gasteiger partial charge < -0.3 is 20.4 Å². The van der Waals surface area contributed by atoms with Crippen LogP contribution in [0.4, 0.5) is 0 Å². The van der Waals surface area contributed by atoms with Crippen LogP contribution in [0.2, 0.25) is 0 Å². The molecular formula is C25H33N2O5P. The third-order valence-electron chi connectivity index (χ3n) is 7.18. The van der Waals surface area contributed by atoms with E-state index in [-0.39, 0.29) is 18.4 Å². The van der Waals surface area contributed by atoms with E-state index in [1.807, 2.05) is 35.2 Å². The number of benzene rings is 2. The number of hydrogen-bond donors (Lipinski definition) is 3. The van der Waals surface area contributed by atoms with Crippen LogP contribution in [-0.2, 0) is 21.0 Å². The number of carbonyl (C=O) groups excluding carboxylic acids is 1. The summed E-state index contributed by atoms with van der Waals surface area (Å²) in [4.78, 5) is 33.2. The molecule has 33 heavy (non-hydrogen) atoms. The summed E-state index contributed by atoms with van der Waals surface area (Å²) in [5.41, 5.74) is 9.39. The molecule has 2 atom stereocenters. The maximum absolute atomic E-state index is 13.2. The van der Waals surface area contributed by atoms with Crippen LogP contribution in [0.5, 0.6) is 0 Å². The molecule has 0 saturated heterocycles. The predicted octanol–water partition coefficient (Wildman–Crippen LogP) is 4.08. The summed E-state index contributed by atoms with van der Waals surface area (Å²) in [5, 5.41) is 0. The van der Waals surface area contributed by atoms with Crippen molar-refractivity contribution < 1.29 is 23.7 Å². The van der Waals surface area contributed by atoms with Gasteiger partial charge in [0.15, 0.2) is 0 Å². The quantitative estimate of drug-likeness (QED) is 0.499. The standard InChI is InChI=1S/C25H33N2O5P/c1-24(2)22-15-19(20-12-13-25(26,16-20)17-32-33(29,30)31)10-11-21(22)23(28)27(24)14-6-9-18-7-4-3-5-8-18/h3-5,7-8,10-11,15,20H,6,9,12-14,16-17,26H2,1-2H3,(H2,29,30,31)/t20-,25-/m1/s1. The minimum atomic E-state index is -4.55. The van der Waals surface area contributed by atoms with Gasteiger partial charge in [0.25, 0.3) is 5.91 Å². The SMILES string of the molecule is CC1(C)c2cc([C@@H]3CC[C@](N)(COP(=O)(O)O)C3)ccc2C(=O)N1CCCc1ccccc1. The lowest BCUT2D eigenvalue weighted by Crippen LogP contribution is -2.41. The normalized spacial score (nSPS) is 24.3. The maximum atomic E-state index is 13.2. The number of nitrogens with zero attached hydrogens (tertiary/aromatic N) is 1. The molecule has 1 saturated carbocycles. The largest absolute Gasteiger partial charge is 0.469 e. The molecule has 0 spiro atoms. The Morgan fingerprint density at radius 3 is 2.61 bits per heavy atom. The second kappa shape index (κ2) is 8.97. The summed E-state index contributed by atoms with van der Waals surface area (Å²) < 4.78 is 15.8. The Balaban J connectivity index is 1.45. The van der Waals surface area contributed by atoms with Crippen molar-refractivity contribution >= 4 is 13.7 Å². The van der Waals surface area contributed by atoms with Gasteiger partial charge >= 0.3 is 7.82 Å². The molecule has 1 aliphatic carbocycles. The van der Waals surface area contributed by atoms with E-state index < -0.39 is 18.9 Å². The molecule has 1 fully saturated rings. The zero-order valence-electron chi connectivity index (χ0n) is 19.2. The lowest BCUT2D eigenvalue weighted by molar-refractivity contribution is 0.0615. The number of aryl methyl sites for hydroxylation is 1. The fourth-order valence-corrected chi connectivity index (χ4v) is 5.73. The third kappa shape index (κ3) is 5.23. The topological polar surface area (TPSA) is 113 Å². The van der Waals surface area contributed by atoms with Gasteiger partial charge in [-0.25, -0.2) is 4.57 Å². The number of phosphoric ester groups is 1. The van der Waals surface area contributed by atoms with Crippen LogP contribution in [0, 0.1) is 0 Å². The molecular weight excluding hydrogens is 439 g/mol. The zero-order chi connectivity index (χ0) is 23.9. The van der Waals surface area contributed by atoms with Crippen LogP contribution < -0.4 is 5.73 Å². The van der Waals surface area contributed by atoms with Crippen molar-refractivity contribution in [3.05, 3.63) is 70.8 Å². The molecule has 0 aromatic heterocycles. The van der Waals surface area contributed by atoms with E-state index in [9.17, 15) is 9.36 Å². The third-order valence-corrected chi connectivity index (χ3v) is 7.64. The van der Waals surface area contributed by atoms with E-state index in [4.69, 9.17) is 20.0 Å². The zero-order valence-corrected chi connectivity index (χ0v) is 20.1. The second-order valence-corrected chi connectivity index (χ2v) is 11.2. The van der Waals surface area contributed by atoms with Crippen LogP contribution in [0.25, 0.3) is 0 Å². The van der Waals surface area contributed by atoms with Gasteiger partial charge in [-0.1, -0.05) is 42.5 Å². The molecule has 1 heterocycles. The number of rotatable bonds is 8. The average molecular weight is 473 g/mol. The highest BCUT2D eigenvalue weighted by Gasteiger charge is 2.44. The van der Waals surface area contributed by atoms with Gasteiger partial charge in [0.1, 0.15) is 0 Å². The summed E-state index contributed by atoms with van der Waals surface area (Å²) in [6.07, 6.45) is 3.86. The average Bonchev–Trinajstić information content (AvgIpc) is 3.24. The molecule has 7 nitrogen and oxygen atoms in total.